The van der Waals surface area contributed by atoms with Gasteiger partial charge in [-0.2, -0.15) is 5.10 Å². The second-order valence-electron chi connectivity index (χ2n) is 7.96. The number of nitrogens with one attached hydrogen (secondary N) is 2. The fourth-order valence-electron chi connectivity index (χ4n) is 2.99. The van der Waals surface area contributed by atoms with Gasteiger partial charge in [-0.1, -0.05) is 12.1 Å². The van der Waals surface area contributed by atoms with E-state index >= 15 is 0 Å². The van der Waals surface area contributed by atoms with Crippen LogP contribution in [0.25, 0.3) is 11.3 Å². The summed E-state index contributed by atoms with van der Waals surface area (Å²) >= 11 is 0. The maximum atomic E-state index is 13.1. The summed E-state index contributed by atoms with van der Waals surface area (Å²) < 4.78 is 14.6. The number of aryl methyl sites for hydroxylation is 1. The van der Waals surface area contributed by atoms with E-state index in [0.717, 1.165) is 5.56 Å². The van der Waals surface area contributed by atoms with E-state index in [1.807, 2.05) is 0 Å². The number of rotatable bonds is 7. The van der Waals surface area contributed by atoms with Gasteiger partial charge in [0.15, 0.2) is 0 Å². The molecule has 0 saturated heterocycles. The zero-order valence-corrected chi connectivity index (χ0v) is 17.6. The molecular formula is C23H25FN4O3. The van der Waals surface area contributed by atoms with Gasteiger partial charge in [0.25, 0.3) is 5.91 Å². The van der Waals surface area contributed by atoms with E-state index in [-0.39, 0.29) is 30.7 Å². The van der Waals surface area contributed by atoms with E-state index in [0.29, 0.717) is 22.6 Å². The molecule has 1 heterocycles. The van der Waals surface area contributed by atoms with E-state index in [1.54, 1.807) is 63.4 Å². The molecule has 2 aromatic carbocycles. The topological polar surface area (TPSA) is 96.2 Å². The highest BCUT2D eigenvalue weighted by atomic mass is 19.1. The maximum absolute atomic E-state index is 13.1. The van der Waals surface area contributed by atoms with Crippen LogP contribution >= 0.6 is 0 Å². The highest BCUT2D eigenvalue weighted by molar-refractivity contribution is 6.03. The van der Waals surface area contributed by atoms with Crippen LogP contribution in [0.5, 0.6) is 0 Å². The maximum Gasteiger partial charge on any atom is 0.273 e. The Morgan fingerprint density at radius 1 is 1.10 bits per heavy atom. The smallest absolute Gasteiger partial charge is 0.273 e. The number of benzene rings is 2. The molecule has 3 N–H and O–H groups in total. The van der Waals surface area contributed by atoms with E-state index in [4.69, 9.17) is 0 Å². The Labute approximate surface area is 179 Å². The highest BCUT2D eigenvalue weighted by Gasteiger charge is 2.19. The van der Waals surface area contributed by atoms with Gasteiger partial charge in [-0.05, 0) is 61.9 Å². The Kier molecular flexibility index (Phi) is 6.50. The van der Waals surface area contributed by atoms with Gasteiger partial charge in [0.05, 0.1) is 24.3 Å². The van der Waals surface area contributed by atoms with Crippen LogP contribution in [0.2, 0.25) is 0 Å². The molecule has 0 aliphatic carbocycles. The molecule has 0 fully saturated rings. The van der Waals surface area contributed by atoms with Gasteiger partial charge in [-0.15, -0.1) is 0 Å². The van der Waals surface area contributed by atoms with Gasteiger partial charge >= 0.3 is 0 Å². The molecule has 8 heteroatoms. The first-order valence-electron chi connectivity index (χ1n) is 9.79. The molecule has 0 saturated carbocycles. The lowest BCUT2D eigenvalue weighted by Gasteiger charge is -2.23. The van der Waals surface area contributed by atoms with Gasteiger partial charge in [0.2, 0.25) is 5.91 Å². The first-order chi connectivity index (χ1) is 14.7. The summed E-state index contributed by atoms with van der Waals surface area (Å²) in [7, 11) is 1.66. The standard InChI is InChI=1S/C23H25FN4O3/c1-23(2,14-29)26-21(30)12-15-4-10-18(11-5-15)25-22(31)20-13-19(27-28(20)3)16-6-8-17(24)9-7-16/h4-11,13,29H,12,14H2,1-3H3,(H,25,31)(H,26,30). The second kappa shape index (κ2) is 9.09. The minimum absolute atomic E-state index is 0.152. The lowest BCUT2D eigenvalue weighted by atomic mass is 10.1. The summed E-state index contributed by atoms with van der Waals surface area (Å²) in [5.74, 6) is -0.867. The zero-order valence-electron chi connectivity index (χ0n) is 17.6. The van der Waals surface area contributed by atoms with Gasteiger partial charge < -0.3 is 15.7 Å². The SMILES string of the molecule is Cn1nc(-c2ccc(F)cc2)cc1C(=O)Nc1ccc(CC(=O)NC(C)(C)CO)cc1. The Bertz CT molecular complexity index is 1070. The Morgan fingerprint density at radius 2 is 1.74 bits per heavy atom. The molecule has 0 atom stereocenters. The van der Waals surface area contributed by atoms with Crippen molar-refractivity contribution in [3.63, 3.8) is 0 Å². The summed E-state index contributed by atoms with van der Waals surface area (Å²) in [5.41, 5.74) is 2.32. The minimum atomic E-state index is -0.680. The molecule has 3 aromatic rings. The van der Waals surface area contributed by atoms with Crippen LogP contribution in [-0.2, 0) is 18.3 Å². The Hall–Kier alpha value is -3.52. The molecule has 2 amide bonds. The lowest BCUT2D eigenvalue weighted by molar-refractivity contribution is -0.122. The first-order valence-corrected chi connectivity index (χ1v) is 9.79. The van der Waals surface area contributed by atoms with Crippen molar-refractivity contribution in [2.24, 2.45) is 7.05 Å². The number of nitrogens with zero attached hydrogens (tertiary/aromatic N) is 2. The van der Waals surface area contributed by atoms with E-state index in [9.17, 15) is 19.1 Å². The van der Waals surface area contributed by atoms with Crippen LogP contribution in [0.15, 0.2) is 54.6 Å². The van der Waals surface area contributed by atoms with Crippen molar-refractivity contribution in [1.82, 2.24) is 15.1 Å². The van der Waals surface area contributed by atoms with E-state index in [1.165, 1.54) is 16.8 Å². The minimum Gasteiger partial charge on any atom is -0.394 e. The van der Waals surface area contributed by atoms with Crippen LogP contribution in [0.4, 0.5) is 10.1 Å². The quantitative estimate of drug-likeness (QED) is 0.543. The largest absolute Gasteiger partial charge is 0.394 e. The zero-order chi connectivity index (χ0) is 22.6. The van der Waals surface area contributed by atoms with Crippen LogP contribution in [0.1, 0.15) is 29.9 Å². The third-order valence-corrected chi connectivity index (χ3v) is 4.70. The number of halogens is 1. The van der Waals surface area contributed by atoms with Crippen molar-refractivity contribution in [2.45, 2.75) is 25.8 Å². The Morgan fingerprint density at radius 3 is 2.35 bits per heavy atom. The summed E-state index contributed by atoms with van der Waals surface area (Å²) in [6, 6.07) is 14.5. The summed E-state index contributed by atoms with van der Waals surface area (Å²) in [4.78, 5) is 24.8. The van der Waals surface area contributed by atoms with E-state index < -0.39 is 5.54 Å². The molecule has 0 bridgehead atoms. The monoisotopic (exact) mass is 424 g/mol. The van der Waals surface area contributed by atoms with Gasteiger partial charge in [0.1, 0.15) is 11.5 Å². The van der Waals surface area contributed by atoms with Gasteiger partial charge in [-0.25, -0.2) is 4.39 Å². The number of hydrogen-bond acceptors (Lipinski definition) is 4. The number of aromatic nitrogens is 2. The average Bonchev–Trinajstić information content (AvgIpc) is 3.11. The Balaban J connectivity index is 1.64. The summed E-state index contributed by atoms with van der Waals surface area (Å²) in [6.45, 7) is 3.33. The molecular weight excluding hydrogens is 399 g/mol. The third-order valence-electron chi connectivity index (χ3n) is 4.70. The van der Waals surface area contributed by atoms with Crippen molar-refractivity contribution in [3.8, 4) is 11.3 Å². The first kappa shape index (κ1) is 22.2. The van der Waals surface area contributed by atoms with Crippen molar-refractivity contribution in [2.75, 3.05) is 11.9 Å². The molecule has 0 unspecified atom stereocenters. The third kappa shape index (κ3) is 5.76. The molecule has 3 rings (SSSR count). The summed E-state index contributed by atoms with van der Waals surface area (Å²) in [5, 5.41) is 19.1. The summed E-state index contributed by atoms with van der Waals surface area (Å²) in [6.07, 6.45) is 0.167. The average molecular weight is 424 g/mol. The molecule has 162 valence electrons. The number of hydrogen-bond donors (Lipinski definition) is 3. The van der Waals surface area contributed by atoms with Crippen LogP contribution in [0, 0.1) is 5.82 Å². The normalized spacial score (nSPS) is 11.3. The van der Waals surface area contributed by atoms with Gasteiger partial charge in [-0.3, -0.25) is 14.3 Å². The number of aliphatic hydroxyl groups is 1. The number of carbonyl (C=O) groups excluding carboxylic acids is 2. The number of carbonyl (C=O) groups is 2. The molecule has 7 nitrogen and oxygen atoms in total. The van der Waals surface area contributed by atoms with Gasteiger partial charge in [0, 0.05) is 18.3 Å². The molecule has 0 radical (unpaired) electrons. The number of anilines is 1. The van der Waals surface area contributed by atoms with Crippen molar-refractivity contribution in [1.29, 1.82) is 0 Å². The lowest BCUT2D eigenvalue weighted by Crippen LogP contribution is -2.46. The number of amides is 2. The fraction of sp³-hybridized carbons (Fsp3) is 0.261. The number of aliphatic hydroxyl groups excluding tert-OH is 1. The van der Waals surface area contributed by atoms with Crippen LogP contribution in [-0.4, -0.2) is 38.8 Å². The predicted octanol–water partition coefficient (Wildman–Crippen LogP) is 2.91. The molecule has 0 aliphatic heterocycles. The predicted molar refractivity (Wildman–Crippen MR) is 116 cm³/mol. The van der Waals surface area contributed by atoms with Crippen molar-refractivity contribution < 1.29 is 19.1 Å². The van der Waals surface area contributed by atoms with E-state index in [2.05, 4.69) is 15.7 Å². The fourth-order valence-corrected chi connectivity index (χ4v) is 2.99. The molecule has 31 heavy (non-hydrogen) atoms. The highest BCUT2D eigenvalue weighted by Crippen LogP contribution is 2.20. The van der Waals surface area contributed by atoms with Crippen LogP contribution in [0.3, 0.4) is 0 Å². The molecule has 0 spiro atoms. The molecule has 0 aliphatic rings. The van der Waals surface area contributed by atoms with Crippen LogP contribution < -0.4 is 10.6 Å². The molecule has 1 aromatic heterocycles. The second-order valence-corrected chi connectivity index (χ2v) is 7.96. The van der Waals surface area contributed by atoms with Crippen molar-refractivity contribution in [3.05, 3.63) is 71.7 Å². The van der Waals surface area contributed by atoms with Crippen molar-refractivity contribution >= 4 is 17.5 Å².